The first-order valence-electron chi connectivity index (χ1n) is 13.8. The van der Waals surface area contributed by atoms with Gasteiger partial charge in [0.1, 0.15) is 12.1 Å². The fourth-order valence-electron chi connectivity index (χ4n) is 4.55. The van der Waals surface area contributed by atoms with E-state index in [1.165, 1.54) is 6.42 Å². The van der Waals surface area contributed by atoms with Crippen LogP contribution in [0.2, 0.25) is 5.02 Å². The zero-order valence-corrected chi connectivity index (χ0v) is 27.3. The lowest BCUT2D eigenvalue weighted by atomic mass is 9.94. The van der Waals surface area contributed by atoms with Gasteiger partial charge in [-0.1, -0.05) is 48.0 Å². The summed E-state index contributed by atoms with van der Waals surface area (Å²) in [5, 5.41) is 3.42. The molecular weight excluding hydrogens is 643 g/mol. The van der Waals surface area contributed by atoms with Gasteiger partial charge in [0.05, 0.1) is 31.7 Å². The molecule has 1 N–H and O–H groups in total. The van der Waals surface area contributed by atoms with Gasteiger partial charge in [-0.3, -0.25) is 9.28 Å². The largest absolute Gasteiger partial charge is 1.00 e. The number of alkyl carbamates (subject to hydrolysis) is 1. The van der Waals surface area contributed by atoms with Crippen molar-refractivity contribution in [1.29, 1.82) is 0 Å². The summed E-state index contributed by atoms with van der Waals surface area (Å²) in [6, 6.07) is 16.2. The maximum absolute atomic E-state index is 12.9. The molecule has 0 unspecified atom stereocenters. The Morgan fingerprint density at radius 3 is 2.05 bits per heavy atom. The van der Waals surface area contributed by atoms with Crippen molar-refractivity contribution in [1.82, 2.24) is 5.32 Å². The minimum atomic E-state index is -0.870. The maximum atomic E-state index is 12.9. The van der Waals surface area contributed by atoms with Gasteiger partial charge in [-0.05, 0) is 82.7 Å². The Morgan fingerprint density at radius 2 is 1.48 bits per heavy atom. The predicted molar refractivity (Wildman–Crippen MR) is 154 cm³/mol. The number of piperidine rings is 1. The normalized spacial score (nSPS) is 15.1. The van der Waals surface area contributed by atoms with E-state index in [0.29, 0.717) is 24.4 Å². The average molecular weight is 687 g/mol. The zero-order chi connectivity index (χ0) is 28.5. The molecule has 1 aliphatic heterocycles. The standard InChI is InChI=1S/C31H43ClN2O5.HI/c1-30(2,3)39-29(36)33-22-31(4,5)28(35)38-23-34(17-7-6-8-18-34)19-20-37-21-24-9-11-25(12-10-24)26-13-15-27(32)16-14-26;/h9-16H,6-8,17-23H2,1-5H3;1H. The lowest BCUT2D eigenvalue weighted by Crippen LogP contribution is -3.00. The molecule has 3 rings (SSSR count). The Kier molecular flexibility index (Phi) is 13.2. The van der Waals surface area contributed by atoms with Crippen LogP contribution in [0, 0.1) is 5.41 Å². The first-order chi connectivity index (χ1) is 18.4. The minimum absolute atomic E-state index is 0. The Balaban J connectivity index is 0.00000560. The number of quaternary nitrogens is 1. The second-order valence-corrected chi connectivity index (χ2v) is 12.6. The molecule has 1 heterocycles. The highest BCUT2D eigenvalue weighted by molar-refractivity contribution is 6.30. The molecule has 2 aromatic carbocycles. The van der Waals surface area contributed by atoms with Gasteiger partial charge in [-0.15, -0.1) is 0 Å². The third kappa shape index (κ3) is 11.2. The number of carbonyl (C=O) groups excluding carboxylic acids is 2. The van der Waals surface area contributed by atoms with Gasteiger partial charge in [-0.2, -0.15) is 0 Å². The van der Waals surface area contributed by atoms with Crippen molar-refractivity contribution in [2.45, 2.75) is 66.1 Å². The van der Waals surface area contributed by atoms with Gasteiger partial charge in [0, 0.05) is 11.6 Å². The fourth-order valence-corrected chi connectivity index (χ4v) is 4.68. The molecular formula is C31H44ClIN2O5. The Morgan fingerprint density at radius 1 is 0.900 bits per heavy atom. The highest BCUT2D eigenvalue weighted by atomic mass is 127. The predicted octanol–water partition coefficient (Wildman–Crippen LogP) is 3.58. The van der Waals surface area contributed by atoms with E-state index in [4.69, 9.17) is 25.8 Å². The molecule has 0 radical (unpaired) electrons. The Hall–Kier alpha value is -1.88. The second kappa shape index (κ2) is 15.4. The number of rotatable bonds is 11. The summed E-state index contributed by atoms with van der Waals surface area (Å²) in [5.74, 6) is -0.330. The van der Waals surface area contributed by atoms with Crippen molar-refractivity contribution in [2.75, 3.05) is 39.5 Å². The summed E-state index contributed by atoms with van der Waals surface area (Å²) in [5.41, 5.74) is 1.91. The molecule has 1 aliphatic rings. The average Bonchev–Trinajstić information content (AvgIpc) is 2.89. The topological polar surface area (TPSA) is 73.9 Å². The van der Waals surface area contributed by atoms with Crippen LogP contribution in [-0.4, -0.2) is 61.7 Å². The molecule has 1 amide bonds. The number of nitrogens with zero attached hydrogens (tertiary/aromatic N) is 1. The number of nitrogens with one attached hydrogen (secondary N) is 1. The van der Waals surface area contributed by atoms with E-state index in [1.54, 1.807) is 34.6 Å². The van der Waals surface area contributed by atoms with E-state index in [2.05, 4.69) is 29.6 Å². The van der Waals surface area contributed by atoms with Crippen LogP contribution in [0.4, 0.5) is 4.79 Å². The smallest absolute Gasteiger partial charge is 0.407 e. The minimum Gasteiger partial charge on any atom is -1.00 e. The first kappa shape index (κ1) is 34.3. The number of esters is 1. The number of halogens is 2. The second-order valence-electron chi connectivity index (χ2n) is 12.1. The van der Waals surface area contributed by atoms with Gasteiger partial charge in [0.25, 0.3) is 0 Å². The van der Waals surface area contributed by atoms with E-state index in [0.717, 1.165) is 54.2 Å². The van der Waals surface area contributed by atoms with Crippen LogP contribution >= 0.6 is 11.6 Å². The van der Waals surface area contributed by atoms with Crippen molar-refractivity contribution in [3.63, 3.8) is 0 Å². The summed E-state index contributed by atoms with van der Waals surface area (Å²) in [7, 11) is 0. The number of likely N-dealkylation sites (tertiary alicyclic amines) is 1. The van der Waals surface area contributed by atoms with Gasteiger partial charge in [0.15, 0.2) is 0 Å². The van der Waals surface area contributed by atoms with E-state index in [9.17, 15) is 9.59 Å². The molecule has 1 saturated heterocycles. The summed E-state index contributed by atoms with van der Waals surface area (Å²) in [4.78, 5) is 25.0. The summed E-state index contributed by atoms with van der Waals surface area (Å²) in [6.45, 7) is 13.2. The molecule has 0 spiro atoms. The van der Waals surface area contributed by atoms with E-state index < -0.39 is 17.1 Å². The van der Waals surface area contributed by atoms with E-state index >= 15 is 0 Å². The summed E-state index contributed by atoms with van der Waals surface area (Å²) in [6.07, 6.45) is 2.86. The number of hydrogen-bond acceptors (Lipinski definition) is 5. The van der Waals surface area contributed by atoms with Crippen LogP contribution < -0.4 is 29.3 Å². The third-order valence-electron chi connectivity index (χ3n) is 6.97. The SMILES string of the molecule is CC(C)(C)OC(=O)NCC(C)(C)C(=O)OC[N+]1(CCOCc2ccc(-c3ccc(Cl)cc3)cc2)CCCCC1.[I-]. The quantitative estimate of drug-likeness (QED) is 0.170. The zero-order valence-electron chi connectivity index (χ0n) is 24.4. The van der Waals surface area contributed by atoms with Crippen molar-refractivity contribution in [3.8, 4) is 11.1 Å². The van der Waals surface area contributed by atoms with Crippen LogP contribution in [-0.2, 0) is 25.6 Å². The van der Waals surface area contributed by atoms with Crippen LogP contribution in [0.5, 0.6) is 0 Å². The summed E-state index contributed by atoms with van der Waals surface area (Å²) < 4.78 is 17.9. The Labute approximate surface area is 261 Å². The molecule has 40 heavy (non-hydrogen) atoms. The third-order valence-corrected chi connectivity index (χ3v) is 7.22. The van der Waals surface area contributed by atoms with Crippen LogP contribution in [0.3, 0.4) is 0 Å². The monoisotopic (exact) mass is 686 g/mol. The molecule has 7 nitrogen and oxygen atoms in total. The maximum Gasteiger partial charge on any atom is 0.407 e. The van der Waals surface area contributed by atoms with Gasteiger partial charge >= 0.3 is 12.1 Å². The lowest BCUT2D eigenvalue weighted by Gasteiger charge is -2.41. The van der Waals surface area contributed by atoms with Crippen LogP contribution in [0.15, 0.2) is 48.5 Å². The highest BCUT2D eigenvalue weighted by Gasteiger charge is 2.36. The fraction of sp³-hybridized carbons (Fsp3) is 0.548. The Bertz CT molecular complexity index is 1080. The molecule has 0 aliphatic carbocycles. The van der Waals surface area contributed by atoms with E-state index in [1.807, 2.05) is 24.3 Å². The van der Waals surface area contributed by atoms with Crippen LogP contribution in [0.25, 0.3) is 11.1 Å². The highest BCUT2D eigenvalue weighted by Crippen LogP contribution is 2.24. The first-order valence-corrected chi connectivity index (χ1v) is 14.2. The van der Waals surface area contributed by atoms with Crippen LogP contribution in [0.1, 0.15) is 59.4 Å². The number of ether oxygens (including phenoxy) is 3. The van der Waals surface area contributed by atoms with Crippen molar-refractivity contribution in [2.24, 2.45) is 5.41 Å². The molecule has 0 atom stereocenters. The molecule has 1 fully saturated rings. The number of benzene rings is 2. The molecule has 9 heteroatoms. The van der Waals surface area contributed by atoms with Crippen molar-refractivity contribution < 1.29 is 52.3 Å². The van der Waals surface area contributed by atoms with Gasteiger partial charge < -0.3 is 43.5 Å². The van der Waals surface area contributed by atoms with Gasteiger partial charge in [-0.25, -0.2) is 4.79 Å². The molecule has 2 aromatic rings. The molecule has 0 aromatic heterocycles. The number of hydrogen-bond donors (Lipinski definition) is 1. The summed E-state index contributed by atoms with van der Waals surface area (Å²) >= 11 is 6.00. The molecule has 0 bridgehead atoms. The lowest BCUT2D eigenvalue weighted by molar-refractivity contribution is -0.948. The van der Waals surface area contributed by atoms with Gasteiger partial charge in [0.2, 0.25) is 6.73 Å². The number of carbonyl (C=O) groups is 2. The molecule has 0 saturated carbocycles. The van der Waals surface area contributed by atoms with Crippen molar-refractivity contribution >= 4 is 23.7 Å². The van der Waals surface area contributed by atoms with Crippen molar-refractivity contribution in [3.05, 3.63) is 59.1 Å². The molecule has 222 valence electrons. The van der Waals surface area contributed by atoms with E-state index in [-0.39, 0.29) is 36.5 Å². The number of amides is 1.